The molecule has 0 spiro atoms. The van der Waals surface area contributed by atoms with Crippen LogP contribution >= 0.6 is 27.5 Å². The Morgan fingerprint density at radius 1 is 1.10 bits per heavy atom. The van der Waals surface area contributed by atoms with Gasteiger partial charge >= 0.3 is 0 Å². The van der Waals surface area contributed by atoms with Crippen molar-refractivity contribution in [1.82, 2.24) is 4.98 Å². The van der Waals surface area contributed by atoms with Crippen LogP contribution in [0.2, 0.25) is 5.02 Å². The number of aryl methyl sites for hydroxylation is 1. The highest BCUT2D eigenvalue weighted by Crippen LogP contribution is 2.38. The minimum atomic E-state index is 0.365. The fourth-order valence-corrected chi connectivity index (χ4v) is 3.88. The lowest BCUT2D eigenvalue weighted by molar-refractivity contribution is 0.848. The topological polar surface area (TPSA) is 12.9 Å². The molecule has 0 unspecified atom stereocenters. The minimum absolute atomic E-state index is 0.365. The molecule has 1 nitrogen and oxygen atoms in total. The Hall–Kier alpha value is -1.12. The lowest BCUT2D eigenvalue weighted by Gasteiger charge is -2.15. The van der Waals surface area contributed by atoms with E-state index in [-0.39, 0.29) is 0 Å². The van der Waals surface area contributed by atoms with Crippen molar-refractivity contribution in [2.75, 3.05) is 0 Å². The molecule has 0 atom stereocenters. The molecule has 0 radical (unpaired) electrons. The molecule has 102 valence electrons. The van der Waals surface area contributed by atoms with Crippen molar-refractivity contribution in [2.24, 2.45) is 0 Å². The SMILES string of the molecule is Cc1nc2c(cc(Br)c3ccccc32)c(Cl)c1C(C)C. The molecule has 0 bridgehead atoms. The van der Waals surface area contributed by atoms with Gasteiger partial charge in [-0.2, -0.15) is 0 Å². The first-order valence-electron chi connectivity index (χ1n) is 6.67. The van der Waals surface area contributed by atoms with Crippen LogP contribution in [0.15, 0.2) is 34.8 Å². The summed E-state index contributed by atoms with van der Waals surface area (Å²) in [6.07, 6.45) is 0. The van der Waals surface area contributed by atoms with E-state index in [1.54, 1.807) is 0 Å². The second-order valence-corrected chi connectivity index (χ2v) is 6.61. The maximum absolute atomic E-state index is 6.65. The van der Waals surface area contributed by atoms with Gasteiger partial charge in [0.15, 0.2) is 0 Å². The molecule has 1 aromatic heterocycles. The van der Waals surface area contributed by atoms with Gasteiger partial charge in [0.2, 0.25) is 0 Å². The van der Waals surface area contributed by atoms with Gasteiger partial charge in [-0.25, -0.2) is 0 Å². The summed E-state index contributed by atoms with van der Waals surface area (Å²) < 4.78 is 1.06. The number of nitrogens with zero attached hydrogens (tertiary/aromatic N) is 1. The van der Waals surface area contributed by atoms with Crippen LogP contribution in [0.5, 0.6) is 0 Å². The zero-order valence-electron chi connectivity index (χ0n) is 11.7. The smallest absolute Gasteiger partial charge is 0.0799 e. The van der Waals surface area contributed by atoms with E-state index in [1.165, 1.54) is 5.39 Å². The number of hydrogen-bond acceptors (Lipinski definition) is 1. The zero-order chi connectivity index (χ0) is 14.4. The second kappa shape index (κ2) is 5.01. The van der Waals surface area contributed by atoms with Crippen molar-refractivity contribution in [1.29, 1.82) is 0 Å². The van der Waals surface area contributed by atoms with Crippen LogP contribution in [0, 0.1) is 6.92 Å². The maximum atomic E-state index is 6.65. The quantitative estimate of drug-likeness (QED) is 0.475. The number of hydrogen-bond donors (Lipinski definition) is 0. The molecular weight excluding hydrogens is 334 g/mol. The Balaban J connectivity index is 2.55. The van der Waals surface area contributed by atoms with E-state index >= 15 is 0 Å². The highest BCUT2D eigenvalue weighted by molar-refractivity contribution is 9.10. The third-order valence-electron chi connectivity index (χ3n) is 3.69. The van der Waals surface area contributed by atoms with Crippen LogP contribution in [-0.2, 0) is 0 Å². The van der Waals surface area contributed by atoms with E-state index in [2.05, 4.69) is 48.0 Å². The van der Waals surface area contributed by atoms with E-state index in [4.69, 9.17) is 16.6 Å². The van der Waals surface area contributed by atoms with Crippen LogP contribution < -0.4 is 0 Å². The van der Waals surface area contributed by atoms with Crippen molar-refractivity contribution in [3.63, 3.8) is 0 Å². The van der Waals surface area contributed by atoms with Gasteiger partial charge in [-0.1, -0.05) is 65.6 Å². The van der Waals surface area contributed by atoms with Crippen LogP contribution in [0.3, 0.4) is 0 Å². The summed E-state index contributed by atoms with van der Waals surface area (Å²) in [6.45, 7) is 6.34. The fourth-order valence-electron chi connectivity index (χ4n) is 2.81. The molecule has 1 heterocycles. The predicted molar refractivity (Wildman–Crippen MR) is 90.8 cm³/mol. The molecule has 3 heteroatoms. The Morgan fingerprint density at radius 2 is 1.75 bits per heavy atom. The Labute approximate surface area is 132 Å². The Kier molecular flexibility index (Phi) is 3.47. The number of halogens is 2. The zero-order valence-corrected chi connectivity index (χ0v) is 14.0. The summed E-state index contributed by atoms with van der Waals surface area (Å²) in [7, 11) is 0. The fraction of sp³-hybridized carbons (Fsp3) is 0.235. The van der Waals surface area contributed by atoms with E-state index in [1.807, 2.05) is 19.1 Å². The summed E-state index contributed by atoms with van der Waals surface area (Å²) in [6, 6.07) is 10.4. The lowest BCUT2D eigenvalue weighted by atomic mass is 9.97. The molecule has 0 aliphatic rings. The van der Waals surface area contributed by atoms with Gasteiger partial charge in [0.1, 0.15) is 0 Å². The van der Waals surface area contributed by atoms with Gasteiger partial charge in [-0.3, -0.25) is 4.98 Å². The van der Waals surface area contributed by atoms with Crippen molar-refractivity contribution >= 4 is 49.2 Å². The molecule has 20 heavy (non-hydrogen) atoms. The number of pyridine rings is 1. The van der Waals surface area contributed by atoms with E-state index in [0.29, 0.717) is 5.92 Å². The van der Waals surface area contributed by atoms with Gasteiger partial charge in [0.25, 0.3) is 0 Å². The monoisotopic (exact) mass is 347 g/mol. The number of benzene rings is 2. The third kappa shape index (κ3) is 2.02. The second-order valence-electron chi connectivity index (χ2n) is 5.38. The van der Waals surface area contributed by atoms with E-state index in [0.717, 1.165) is 37.0 Å². The predicted octanol–water partition coefficient (Wildman–Crippen LogP) is 6.24. The minimum Gasteiger partial charge on any atom is -0.252 e. The Morgan fingerprint density at radius 3 is 2.40 bits per heavy atom. The molecule has 0 saturated carbocycles. The van der Waals surface area contributed by atoms with Crippen molar-refractivity contribution in [2.45, 2.75) is 26.7 Å². The standard InChI is InChI=1S/C17H15BrClN/c1-9(2)15-10(3)20-17-12-7-5-4-6-11(12)14(18)8-13(17)16(15)19/h4-9H,1-3H3. The van der Waals surface area contributed by atoms with Gasteiger partial charge < -0.3 is 0 Å². The molecule has 3 aromatic rings. The average molecular weight is 349 g/mol. The maximum Gasteiger partial charge on any atom is 0.0799 e. The first kappa shape index (κ1) is 13.8. The first-order valence-corrected chi connectivity index (χ1v) is 7.84. The Bertz CT molecular complexity index is 824. The van der Waals surface area contributed by atoms with Gasteiger partial charge in [-0.15, -0.1) is 0 Å². The van der Waals surface area contributed by atoms with Crippen molar-refractivity contribution in [3.8, 4) is 0 Å². The molecule has 0 aliphatic carbocycles. The summed E-state index contributed by atoms with van der Waals surface area (Å²) in [4.78, 5) is 4.82. The molecular formula is C17H15BrClN. The van der Waals surface area contributed by atoms with Crippen LogP contribution in [0.25, 0.3) is 21.7 Å². The lowest BCUT2D eigenvalue weighted by Crippen LogP contribution is -1.98. The van der Waals surface area contributed by atoms with Crippen molar-refractivity contribution < 1.29 is 0 Å². The number of rotatable bonds is 1. The first-order chi connectivity index (χ1) is 9.50. The van der Waals surface area contributed by atoms with E-state index in [9.17, 15) is 0 Å². The highest BCUT2D eigenvalue weighted by Gasteiger charge is 2.16. The number of aromatic nitrogens is 1. The molecule has 0 fully saturated rings. The summed E-state index contributed by atoms with van der Waals surface area (Å²) >= 11 is 10.3. The van der Waals surface area contributed by atoms with Crippen LogP contribution in [0.1, 0.15) is 31.0 Å². The largest absolute Gasteiger partial charge is 0.252 e. The van der Waals surface area contributed by atoms with Crippen LogP contribution in [-0.4, -0.2) is 4.98 Å². The molecule has 0 aliphatic heterocycles. The third-order valence-corrected chi connectivity index (χ3v) is 4.75. The molecule has 0 N–H and O–H groups in total. The van der Waals surface area contributed by atoms with Gasteiger partial charge in [0, 0.05) is 20.9 Å². The highest BCUT2D eigenvalue weighted by atomic mass is 79.9. The summed E-state index contributed by atoms with van der Waals surface area (Å²) in [5, 5.41) is 4.15. The average Bonchev–Trinajstić information content (AvgIpc) is 2.40. The molecule has 0 amide bonds. The summed E-state index contributed by atoms with van der Waals surface area (Å²) in [5.74, 6) is 0.365. The molecule has 3 rings (SSSR count). The summed E-state index contributed by atoms with van der Waals surface area (Å²) in [5.41, 5.74) is 3.14. The normalized spacial score (nSPS) is 11.7. The van der Waals surface area contributed by atoms with Crippen LogP contribution in [0.4, 0.5) is 0 Å². The van der Waals surface area contributed by atoms with Gasteiger partial charge in [0.05, 0.1) is 10.5 Å². The van der Waals surface area contributed by atoms with Gasteiger partial charge in [-0.05, 0) is 29.9 Å². The molecule has 0 saturated heterocycles. The van der Waals surface area contributed by atoms with Crippen molar-refractivity contribution in [3.05, 3.63) is 51.1 Å². The van der Waals surface area contributed by atoms with E-state index < -0.39 is 0 Å². The molecule has 2 aromatic carbocycles. The number of fused-ring (bicyclic) bond motifs is 3.